The number of hydrogen-bond donors (Lipinski definition) is 2. The molecule has 23 heavy (non-hydrogen) atoms. The van der Waals surface area contributed by atoms with Gasteiger partial charge in [0.25, 0.3) is 0 Å². The largest absolute Gasteiger partial charge is 0.507 e. The first-order valence-electron chi connectivity index (χ1n) is 7.26. The minimum Gasteiger partial charge on any atom is -0.507 e. The van der Waals surface area contributed by atoms with E-state index in [0.717, 1.165) is 11.3 Å². The monoisotopic (exact) mass is 310 g/mol. The van der Waals surface area contributed by atoms with Crippen LogP contribution in [0.5, 0.6) is 23.0 Å². The van der Waals surface area contributed by atoms with Crippen LogP contribution in [0, 0.1) is 13.8 Å². The molecule has 0 bridgehead atoms. The highest BCUT2D eigenvalue weighted by molar-refractivity contribution is 5.77. The van der Waals surface area contributed by atoms with Crippen molar-refractivity contribution in [3.63, 3.8) is 0 Å². The van der Waals surface area contributed by atoms with Crippen LogP contribution in [0.3, 0.4) is 0 Å². The summed E-state index contributed by atoms with van der Waals surface area (Å²) in [5.74, 6) is 2.01. The van der Waals surface area contributed by atoms with Crippen LogP contribution in [0.2, 0.25) is 0 Å². The standard InChI is InChI=1S/C18H18N2O3/c1-11-9-14(22-3)10-15(21)16(11)17-18(12(2)19-20-17)23-13-7-5-4-6-8-13/h4-10,21H,1-3H3,(H,19,20). The van der Waals surface area contributed by atoms with Gasteiger partial charge in [-0.2, -0.15) is 5.10 Å². The fourth-order valence-electron chi connectivity index (χ4n) is 2.48. The van der Waals surface area contributed by atoms with E-state index in [0.29, 0.717) is 28.5 Å². The predicted molar refractivity (Wildman–Crippen MR) is 88.2 cm³/mol. The highest BCUT2D eigenvalue weighted by Gasteiger charge is 2.20. The number of phenolic OH excluding ortho intramolecular Hbond substituents is 1. The molecule has 1 heterocycles. The van der Waals surface area contributed by atoms with Crippen LogP contribution in [0.1, 0.15) is 11.3 Å². The number of ether oxygens (including phenoxy) is 2. The molecule has 3 aromatic rings. The molecule has 1 aromatic heterocycles. The van der Waals surface area contributed by atoms with E-state index in [4.69, 9.17) is 9.47 Å². The van der Waals surface area contributed by atoms with Crippen LogP contribution in [0.4, 0.5) is 0 Å². The van der Waals surface area contributed by atoms with Crippen LogP contribution in [-0.4, -0.2) is 22.4 Å². The summed E-state index contributed by atoms with van der Waals surface area (Å²) < 4.78 is 11.1. The van der Waals surface area contributed by atoms with E-state index < -0.39 is 0 Å². The lowest BCUT2D eigenvalue weighted by molar-refractivity contribution is 0.407. The molecule has 0 saturated heterocycles. The maximum Gasteiger partial charge on any atom is 0.176 e. The lowest BCUT2D eigenvalue weighted by Gasteiger charge is -2.12. The highest BCUT2D eigenvalue weighted by Crippen LogP contribution is 2.41. The van der Waals surface area contributed by atoms with E-state index in [1.807, 2.05) is 50.2 Å². The number of methoxy groups -OCH3 is 1. The number of aromatic hydroxyl groups is 1. The molecule has 0 aliphatic carbocycles. The summed E-state index contributed by atoms with van der Waals surface area (Å²) in [5, 5.41) is 17.6. The molecular formula is C18H18N2O3. The molecule has 3 rings (SSSR count). The molecule has 5 nitrogen and oxygen atoms in total. The van der Waals surface area contributed by atoms with E-state index in [2.05, 4.69) is 10.2 Å². The van der Waals surface area contributed by atoms with Gasteiger partial charge in [-0.15, -0.1) is 0 Å². The van der Waals surface area contributed by atoms with Crippen molar-refractivity contribution in [2.24, 2.45) is 0 Å². The van der Waals surface area contributed by atoms with Crippen LogP contribution in [0.15, 0.2) is 42.5 Å². The molecule has 0 unspecified atom stereocenters. The molecule has 0 atom stereocenters. The molecule has 0 aliphatic heterocycles. The first kappa shape index (κ1) is 15.0. The minimum atomic E-state index is 0.103. The molecule has 2 N–H and O–H groups in total. The zero-order valence-electron chi connectivity index (χ0n) is 13.3. The number of nitrogens with one attached hydrogen (secondary N) is 1. The van der Waals surface area contributed by atoms with Gasteiger partial charge in [0, 0.05) is 6.07 Å². The fourth-order valence-corrected chi connectivity index (χ4v) is 2.48. The lowest BCUT2D eigenvalue weighted by atomic mass is 10.0. The quantitative estimate of drug-likeness (QED) is 0.758. The summed E-state index contributed by atoms with van der Waals surface area (Å²) in [6, 6.07) is 12.9. The van der Waals surface area contributed by atoms with Gasteiger partial charge in [-0.05, 0) is 37.6 Å². The summed E-state index contributed by atoms with van der Waals surface area (Å²) >= 11 is 0. The second-order valence-corrected chi connectivity index (χ2v) is 5.28. The van der Waals surface area contributed by atoms with Crippen LogP contribution >= 0.6 is 0 Å². The van der Waals surface area contributed by atoms with Crippen LogP contribution in [-0.2, 0) is 0 Å². The van der Waals surface area contributed by atoms with Crippen molar-refractivity contribution in [2.45, 2.75) is 13.8 Å². The molecule has 0 aliphatic rings. The molecule has 0 spiro atoms. The molecule has 118 valence electrons. The molecule has 0 radical (unpaired) electrons. The van der Waals surface area contributed by atoms with E-state index in [1.54, 1.807) is 13.2 Å². The second kappa shape index (κ2) is 6.04. The van der Waals surface area contributed by atoms with Crippen molar-refractivity contribution in [3.05, 3.63) is 53.7 Å². The summed E-state index contributed by atoms with van der Waals surface area (Å²) in [5.41, 5.74) is 2.84. The van der Waals surface area contributed by atoms with Crippen molar-refractivity contribution >= 4 is 0 Å². The smallest absolute Gasteiger partial charge is 0.176 e. The van der Waals surface area contributed by atoms with Gasteiger partial charge in [-0.25, -0.2) is 0 Å². The third-order valence-electron chi connectivity index (χ3n) is 3.61. The van der Waals surface area contributed by atoms with Crippen molar-refractivity contribution in [2.75, 3.05) is 7.11 Å². The molecule has 0 saturated carbocycles. The fraction of sp³-hybridized carbons (Fsp3) is 0.167. The number of H-pyrrole nitrogens is 1. The first-order valence-corrected chi connectivity index (χ1v) is 7.26. The summed E-state index contributed by atoms with van der Waals surface area (Å²) in [6.07, 6.45) is 0. The molecular weight excluding hydrogens is 292 g/mol. The Balaban J connectivity index is 2.08. The minimum absolute atomic E-state index is 0.103. The first-order chi connectivity index (χ1) is 11.1. The number of benzene rings is 2. The van der Waals surface area contributed by atoms with Crippen molar-refractivity contribution in [1.82, 2.24) is 10.2 Å². The van der Waals surface area contributed by atoms with Gasteiger partial charge >= 0.3 is 0 Å². The van der Waals surface area contributed by atoms with Gasteiger partial charge in [0.15, 0.2) is 5.75 Å². The highest BCUT2D eigenvalue weighted by atomic mass is 16.5. The Hall–Kier alpha value is -2.95. The topological polar surface area (TPSA) is 67.4 Å². The molecule has 2 aromatic carbocycles. The average Bonchev–Trinajstić information content (AvgIpc) is 2.89. The summed E-state index contributed by atoms with van der Waals surface area (Å²) in [7, 11) is 1.57. The van der Waals surface area contributed by atoms with Gasteiger partial charge in [0.2, 0.25) is 0 Å². The average molecular weight is 310 g/mol. The molecule has 0 amide bonds. The maximum atomic E-state index is 10.4. The van der Waals surface area contributed by atoms with Crippen molar-refractivity contribution in [3.8, 4) is 34.3 Å². The lowest BCUT2D eigenvalue weighted by Crippen LogP contribution is -1.92. The zero-order valence-corrected chi connectivity index (χ0v) is 13.3. The van der Waals surface area contributed by atoms with Gasteiger partial charge in [-0.3, -0.25) is 5.10 Å². The van der Waals surface area contributed by atoms with Crippen molar-refractivity contribution < 1.29 is 14.6 Å². The zero-order chi connectivity index (χ0) is 16.4. The number of hydrogen-bond acceptors (Lipinski definition) is 4. The molecule has 0 fully saturated rings. The van der Waals surface area contributed by atoms with Crippen molar-refractivity contribution in [1.29, 1.82) is 0 Å². The Labute approximate surface area is 134 Å². The Morgan fingerprint density at radius 3 is 2.43 bits per heavy atom. The Morgan fingerprint density at radius 1 is 1.04 bits per heavy atom. The van der Waals surface area contributed by atoms with E-state index in [1.165, 1.54) is 0 Å². The Kier molecular flexibility index (Phi) is 3.93. The number of aryl methyl sites for hydroxylation is 2. The third-order valence-corrected chi connectivity index (χ3v) is 3.61. The number of phenols is 1. The van der Waals surface area contributed by atoms with E-state index in [-0.39, 0.29) is 5.75 Å². The van der Waals surface area contributed by atoms with Crippen LogP contribution < -0.4 is 9.47 Å². The summed E-state index contributed by atoms with van der Waals surface area (Å²) in [4.78, 5) is 0. The van der Waals surface area contributed by atoms with Gasteiger partial charge < -0.3 is 14.6 Å². The van der Waals surface area contributed by atoms with Gasteiger partial charge in [0.1, 0.15) is 22.9 Å². The Morgan fingerprint density at radius 2 is 1.78 bits per heavy atom. The second-order valence-electron chi connectivity index (χ2n) is 5.28. The number of nitrogens with zero attached hydrogens (tertiary/aromatic N) is 1. The Bertz CT molecular complexity index is 803. The normalized spacial score (nSPS) is 10.6. The summed E-state index contributed by atoms with van der Waals surface area (Å²) in [6.45, 7) is 3.78. The predicted octanol–water partition coefficient (Wildman–Crippen LogP) is 4.20. The molecule has 5 heteroatoms. The van der Waals surface area contributed by atoms with E-state index in [9.17, 15) is 5.11 Å². The SMILES string of the molecule is COc1cc(C)c(-c2n[nH]c(C)c2Oc2ccccc2)c(O)c1. The van der Waals surface area contributed by atoms with Crippen LogP contribution in [0.25, 0.3) is 11.3 Å². The van der Waals surface area contributed by atoms with E-state index >= 15 is 0 Å². The number of rotatable bonds is 4. The van der Waals surface area contributed by atoms with Gasteiger partial charge in [0.05, 0.1) is 18.4 Å². The number of para-hydroxylation sites is 1. The number of aromatic nitrogens is 2. The number of aromatic amines is 1. The maximum absolute atomic E-state index is 10.4. The third kappa shape index (κ3) is 2.85. The van der Waals surface area contributed by atoms with Gasteiger partial charge in [-0.1, -0.05) is 18.2 Å².